The number of aromatic nitrogens is 1. The van der Waals surface area contributed by atoms with Gasteiger partial charge in [0.25, 0.3) is 5.91 Å². The minimum absolute atomic E-state index is 0.116. The van der Waals surface area contributed by atoms with Crippen molar-refractivity contribution in [3.63, 3.8) is 0 Å². The van der Waals surface area contributed by atoms with E-state index in [0.29, 0.717) is 37.7 Å². The van der Waals surface area contributed by atoms with E-state index in [-0.39, 0.29) is 5.91 Å². The zero-order valence-corrected chi connectivity index (χ0v) is 11.5. The van der Waals surface area contributed by atoms with Crippen molar-refractivity contribution in [1.82, 2.24) is 9.88 Å². The van der Waals surface area contributed by atoms with Gasteiger partial charge in [-0.3, -0.25) is 4.79 Å². The maximum absolute atomic E-state index is 12.2. The Morgan fingerprint density at radius 1 is 1.67 bits per heavy atom. The third kappa shape index (κ3) is 4.09. The fourth-order valence-electron chi connectivity index (χ4n) is 1.57. The number of hydrogen-bond donors (Lipinski definition) is 1. The number of rotatable bonds is 6. The van der Waals surface area contributed by atoms with Gasteiger partial charge >= 0.3 is 0 Å². The SMILES string of the molecule is CC(C)CN(CCC#N)C(=O)c1csc(CN)n1. The number of nitrogens with two attached hydrogens (primary N) is 1. The lowest BCUT2D eigenvalue weighted by atomic mass is 10.2. The molecule has 1 aromatic heterocycles. The fraction of sp³-hybridized carbons (Fsp3) is 0.583. The Bertz CT molecular complexity index is 436. The minimum Gasteiger partial charge on any atom is -0.336 e. The van der Waals surface area contributed by atoms with Crippen molar-refractivity contribution in [2.75, 3.05) is 13.1 Å². The highest BCUT2D eigenvalue weighted by atomic mass is 32.1. The molecule has 5 nitrogen and oxygen atoms in total. The summed E-state index contributed by atoms with van der Waals surface area (Å²) in [6, 6.07) is 2.06. The molecule has 0 aliphatic rings. The van der Waals surface area contributed by atoms with Crippen LogP contribution in [0.5, 0.6) is 0 Å². The molecule has 1 rings (SSSR count). The van der Waals surface area contributed by atoms with Crippen LogP contribution in [0.25, 0.3) is 0 Å². The van der Waals surface area contributed by atoms with Gasteiger partial charge in [-0.25, -0.2) is 4.98 Å². The average molecular weight is 266 g/mol. The number of nitrogens with zero attached hydrogens (tertiary/aromatic N) is 3. The molecule has 0 spiro atoms. The molecule has 98 valence electrons. The Hall–Kier alpha value is -1.45. The van der Waals surface area contributed by atoms with Crippen LogP contribution >= 0.6 is 11.3 Å². The van der Waals surface area contributed by atoms with Gasteiger partial charge in [-0.1, -0.05) is 13.8 Å². The van der Waals surface area contributed by atoms with E-state index < -0.39 is 0 Å². The molecule has 0 fully saturated rings. The molecule has 2 N–H and O–H groups in total. The normalized spacial score (nSPS) is 10.4. The lowest BCUT2D eigenvalue weighted by molar-refractivity contribution is 0.0734. The van der Waals surface area contributed by atoms with Crippen LogP contribution in [0.2, 0.25) is 0 Å². The molecule has 1 aromatic rings. The first kappa shape index (κ1) is 14.6. The van der Waals surface area contributed by atoms with E-state index in [1.54, 1.807) is 10.3 Å². The third-order valence-electron chi connectivity index (χ3n) is 2.31. The predicted molar refractivity (Wildman–Crippen MR) is 71.0 cm³/mol. The van der Waals surface area contributed by atoms with Crippen molar-refractivity contribution < 1.29 is 4.79 Å². The van der Waals surface area contributed by atoms with Crippen LogP contribution in [0.4, 0.5) is 0 Å². The second kappa shape index (κ2) is 7.09. The Morgan fingerprint density at radius 3 is 2.89 bits per heavy atom. The zero-order valence-electron chi connectivity index (χ0n) is 10.7. The molecule has 0 aliphatic carbocycles. The summed E-state index contributed by atoms with van der Waals surface area (Å²) in [5.74, 6) is 0.246. The smallest absolute Gasteiger partial charge is 0.273 e. The molecule has 0 radical (unpaired) electrons. The number of thiazole rings is 1. The number of nitriles is 1. The number of hydrogen-bond acceptors (Lipinski definition) is 5. The van der Waals surface area contributed by atoms with Crippen molar-refractivity contribution in [3.05, 3.63) is 16.1 Å². The van der Waals surface area contributed by atoms with Crippen LogP contribution in [0.3, 0.4) is 0 Å². The standard InChI is InChI=1S/C12H18N4OS/c1-9(2)7-16(5-3-4-13)12(17)10-8-18-11(6-14)15-10/h8-9H,3,5-7,14H2,1-2H3. The highest BCUT2D eigenvalue weighted by Crippen LogP contribution is 2.12. The van der Waals surface area contributed by atoms with Gasteiger partial charge in [-0.2, -0.15) is 5.26 Å². The van der Waals surface area contributed by atoms with Crippen LogP contribution in [0.1, 0.15) is 35.8 Å². The molecular formula is C12H18N4OS. The predicted octanol–water partition coefficient (Wildman–Crippen LogP) is 1.61. The summed E-state index contributed by atoms with van der Waals surface area (Å²) in [5, 5.41) is 11.1. The van der Waals surface area contributed by atoms with Gasteiger partial charge < -0.3 is 10.6 Å². The number of carbonyl (C=O) groups is 1. The largest absolute Gasteiger partial charge is 0.336 e. The molecule has 1 amide bonds. The van der Waals surface area contributed by atoms with Crippen molar-refractivity contribution in [2.45, 2.75) is 26.8 Å². The molecule has 1 heterocycles. The molecule has 0 aliphatic heterocycles. The summed E-state index contributed by atoms with van der Waals surface area (Å²) in [6.45, 7) is 5.51. The van der Waals surface area contributed by atoms with E-state index in [4.69, 9.17) is 11.0 Å². The number of carbonyl (C=O) groups excluding carboxylic acids is 1. The van der Waals surface area contributed by atoms with Crippen molar-refractivity contribution in [1.29, 1.82) is 5.26 Å². The summed E-state index contributed by atoms with van der Waals surface area (Å²) < 4.78 is 0. The zero-order chi connectivity index (χ0) is 13.5. The van der Waals surface area contributed by atoms with Crippen molar-refractivity contribution in [3.8, 4) is 6.07 Å². The quantitative estimate of drug-likeness (QED) is 0.848. The summed E-state index contributed by atoms with van der Waals surface area (Å²) in [4.78, 5) is 18.1. The van der Waals surface area contributed by atoms with Crippen LogP contribution < -0.4 is 5.73 Å². The third-order valence-corrected chi connectivity index (χ3v) is 3.18. The van der Waals surface area contributed by atoms with E-state index >= 15 is 0 Å². The van der Waals surface area contributed by atoms with Gasteiger partial charge in [0.1, 0.15) is 10.7 Å². The van der Waals surface area contributed by atoms with Crippen LogP contribution in [0, 0.1) is 17.2 Å². The monoisotopic (exact) mass is 266 g/mol. The molecule has 6 heteroatoms. The summed E-state index contributed by atoms with van der Waals surface area (Å²) in [7, 11) is 0. The first-order chi connectivity index (χ1) is 8.58. The Kier molecular flexibility index (Phi) is 5.75. The highest BCUT2D eigenvalue weighted by Gasteiger charge is 2.19. The lowest BCUT2D eigenvalue weighted by Crippen LogP contribution is -2.35. The van der Waals surface area contributed by atoms with Crippen LogP contribution in [-0.4, -0.2) is 28.9 Å². The average Bonchev–Trinajstić information content (AvgIpc) is 2.81. The summed E-state index contributed by atoms with van der Waals surface area (Å²) in [6.07, 6.45) is 0.340. The second-order valence-electron chi connectivity index (χ2n) is 4.38. The maximum Gasteiger partial charge on any atom is 0.273 e. The first-order valence-corrected chi connectivity index (χ1v) is 6.77. The maximum atomic E-state index is 12.2. The van der Waals surface area contributed by atoms with Gasteiger partial charge in [0.05, 0.1) is 12.5 Å². The molecule has 0 aromatic carbocycles. The fourth-order valence-corrected chi connectivity index (χ4v) is 2.21. The van der Waals surface area contributed by atoms with Crippen molar-refractivity contribution >= 4 is 17.2 Å². The van der Waals surface area contributed by atoms with Gasteiger partial charge in [0, 0.05) is 25.0 Å². The molecular weight excluding hydrogens is 248 g/mol. The molecule has 18 heavy (non-hydrogen) atoms. The molecule has 0 bridgehead atoms. The van der Waals surface area contributed by atoms with E-state index in [1.165, 1.54) is 11.3 Å². The summed E-state index contributed by atoms with van der Waals surface area (Å²) in [5.41, 5.74) is 5.91. The number of amides is 1. The first-order valence-electron chi connectivity index (χ1n) is 5.89. The minimum atomic E-state index is -0.116. The summed E-state index contributed by atoms with van der Waals surface area (Å²) >= 11 is 1.39. The molecule has 0 saturated heterocycles. The van der Waals surface area contributed by atoms with E-state index in [1.807, 2.05) is 13.8 Å². The Balaban J connectivity index is 2.77. The molecule has 0 unspecified atom stereocenters. The van der Waals surface area contributed by atoms with Crippen LogP contribution in [0.15, 0.2) is 5.38 Å². The van der Waals surface area contributed by atoms with Gasteiger partial charge in [-0.05, 0) is 5.92 Å². The Morgan fingerprint density at radius 2 is 2.39 bits per heavy atom. The van der Waals surface area contributed by atoms with Crippen molar-refractivity contribution in [2.24, 2.45) is 11.7 Å². The molecule has 0 atom stereocenters. The van der Waals surface area contributed by atoms with Gasteiger partial charge in [-0.15, -0.1) is 11.3 Å². The van der Waals surface area contributed by atoms with Gasteiger partial charge in [0.2, 0.25) is 0 Å². The van der Waals surface area contributed by atoms with E-state index in [9.17, 15) is 4.79 Å². The highest BCUT2D eigenvalue weighted by molar-refractivity contribution is 7.09. The van der Waals surface area contributed by atoms with Gasteiger partial charge in [0.15, 0.2) is 0 Å². The topological polar surface area (TPSA) is 83.0 Å². The van der Waals surface area contributed by atoms with E-state index in [0.717, 1.165) is 5.01 Å². The molecule has 0 saturated carbocycles. The Labute approximate surface area is 111 Å². The lowest BCUT2D eigenvalue weighted by Gasteiger charge is -2.22. The van der Waals surface area contributed by atoms with E-state index in [2.05, 4.69) is 11.1 Å². The second-order valence-corrected chi connectivity index (χ2v) is 5.33. The van der Waals surface area contributed by atoms with Crippen LogP contribution in [-0.2, 0) is 6.54 Å².